The van der Waals surface area contributed by atoms with E-state index in [0.717, 1.165) is 12.0 Å². The largest absolute Gasteiger partial charge is 0.378 e. The second-order valence-electron chi connectivity index (χ2n) is 6.81. The van der Waals surface area contributed by atoms with Crippen molar-refractivity contribution in [3.8, 4) is 11.4 Å². The maximum absolute atomic E-state index is 6.58. The molecular weight excluding hydrogens is 290 g/mol. The van der Waals surface area contributed by atoms with Crippen LogP contribution >= 0.6 is 0 Å². The lowest BCUT2D eigenvalue weighted by Crippen LogP contribution is -2.67. The highest BCUT2D eigenvalue weighted by molar-refractivity contribution is 5.54. The lowest BCUT2D eigenvalue weighted by Gasteiger charge is -2.56. The molecule has 0 saturated heterocycles. The summed E-state index contributed by atoms with van der Waals surface area (Å²) in [5.74, 6) is 1.08. The SMILES string of the molecule is CCOC1CC(N)(c2nc(-c3ccc(CC)cc3)no2)C1(C)C. The smallest absolute Gasteiger partial charge is 0.247 e. The number of benzene rings is 1. The number of hydrogen-bond donors (Lipinski definition) is 1. The fraction of sp³-hybridized carbons (Fsp3) is 0.556. The summed E-state index contributed by atoms with van der Waals surface area (Å²) in [6, 6.07) is 8.21. The van der Waals surface area contributed by atoms with E-state index in [4.69, 9.17) is 15.0 Å². The van der Waals surface area contributed by atoms with Crippen molar-refractivity contribution in [3.63, 3.8) is 0 Å². The monoisotopic (exact) mass is 315 g/mol. The first-order chi connectivity index (χ1) is 10.9. The number of rotatable bonds is 5. The Labute approximate surface area is 137 Å². The predicted molar refractivity (Wildman–Crippen MR) is 88.8 cm³/mol. The zero-order valence-corrected chi connectivity index (χ0v) is 14.3. The molecule has 1 aromatic heterocycles. The quantitative estimate of drug-likeness (QED) is 0.916. The lowest BCUT2D eigenvalue weighted by atomic mass is 9.54. The molecule has 2 atom stereocenters. The summed E-state index contributed by atoms with van der Waals surface area (Å²) in [6.07, 6.45) is 1.83. The number of ether oxygens (including phenoxy) is 1. The summed E-state index contributed by atoms with van der Waals surface area (Å²) in [4.78, 5) is 4.56. The van der Waals surface area contributed by atoms with Crippen LogP contribution in [-0.4, -0.2) is 22.9 Å². The van der Waals surface area contributed by atoms with Gasteiger partial charge in [-0.1, -0.05) is 50.2 Å². The Balaban J connectivity index is 1.84. The molecule has 0 bridgehead atoms. The molecule has 1 aliphatic carbocycles. The van der Waals surface area contributed by atoms with Gasteiger partial charge in [-0.2, -0.15) is 4.98 Å². The van der Waals surface area contributed by atoms with Gasteiger partial charge in [0.05, 0.1) is 6.10 Å². The highest BCUT2D eigenvalue weighted by atomic mass is 16.5. The second-order valence-corrected chi connectivity index (χ2v) is 6.81. The number of nitrogens with zero attached hydrogens (tertiary/aromatic N) is 2. The first-order valence-electron chi connectivity index (χ1n) is 8.26. The van der Waals surface area contributed by atoms with Crippen molar-refractivity contribution in [1.29, 1.82) is 0 Å². The van der Waals surface area contributed by atoms with Crippen molar-refractivity contribution in [2.75, 3.05) is 6.61 Å². The topological polar surface area (TPSA) is 74.2 Å². The van der Waals surface area contributed by atoms with Gasteiger partial charge in [-0.25, -0.2) is 0 Å². The first kappa shape index (κ1) is 16.1. The van der Waals surface area contributed by atoms with E-state index in [1.165, 1.54) is 5.56 Å². The molecule has 1 saturated carbocycles. The Kier molecular flexibility index (Phi) is 4.02. The summed E-state index contributed by atoms with van der Waals surface area (Å²) in [7, 11) is 0. The van der Waals surface area contributed by atoms with Gasteiger partial charge in [0.2, 0.25) is 11.7 Å². The number of aryl methyl sites for hydroxylation is 1. The van der Waals surface area contributed by atoms with E-state index in [-0.39, 0.29) is 11.5 Å². The summed E-state index contributed by atoms with van der Waals surface area (Å²) in [5.41, 5.74) is 7.94. The highest BCUT2D eigenvalue weighted by Crippen LogP contribution is 2.55. The molecular formula is C18H25N3O2. The van der Waals surface area contributed by atoms with E-state index in [2.05, 4.69) is 43.0 Å². The van der Waals surface area contributed by atoms with E-state index in [1.807, 2.05) is 19.1 Å². The van der Waals surface area contributed by atoms with Gasteiger partial charge in [-0.15, -0.1) is 0 Å². The maximum Gasteiger partial charge on any atom is 0.247 e. The maximum atomic E-state index is 6.58. The van der Waals surface area contributed by atoms with Gasteiger partial charge in [-0.3, -0.25) is 0 Å². The van der Waals surface area contributed by atoms with Gasteiger partial charge >= 0.3 is 0 Å². The molecule has 124 valence electrons. The fourth-order valence-electron chi connectivity index (χ4n) is 3.21. The molecule has 5 nitrogen and oxygen atoms in total. The van der Waals surface area contributed by atoms with Gasteiger partial charge < -0.3 is 15.0 Å². The van der Waals surface area contributed by atoms with Crippen LogP contribution in [0.5, 0.6) is 0 Å². The van der Waals surface area contributed by atoms with Gasteiger partial charge in [0.15, 0.2) is 0 Å². The van der Waals surface area contributed by atoms with Crippen LogP contribution in [0.3, 0.4) is 0 Å². The van der Waals surface area contributed by atoms with Crippen molar-refractivity contribution in [2.45, 2.75) is 52.2 Å². The van der Waals surface area contributed by atoms with Crippen LogP contribution < -0.4 is 5.73 Å². The molecule has 0 radical (unpaired) electrons. The van der Waals surface area contributed by atoms with E-state index >= 15 is 0 Å². The van der Waals surface area contributed by atoms with Crippen LogP contribution in [0.15, 0.2) is 28.8 Å². The number of nitrogens with two attached hydrogens (primary N) is 1. The molecule has 1 aromatic carbocycles. The molecule has 5 heteroatoms. The van der Waals surface area contributed by atoms with Crippen molar-refractivity contribution < 1.29 is 9.26 Å². The summed E-state index contributed by atoms with van der Waals surface area (Å²) in [5, 5.41) is 4.12. The summed E-state index contributed by atoms with van der Waals surface area (Å²) in [6.45, 7) is 9.00. The molecule has 0 amide bonds. The molecule has 1 fully saturated rings. The van der Waals surface area contributed by atoms with Gasteiger partial charge in [-0.05, 0) is 18.9 Å². The van der Waals surface area contributed by atoms with Gasteiger partial charge in [0.25, 0.3) is 0 Å². The molecule has 2 aromatic rings. The Morgan fingerprint density at radius 1 is 1.26 bits per heavy atom. The van der Waals surface area contributed by atoms with Gasteiger partial charge in [0.1, 0.15) is 5.54 Å². The van der Waals surface area contributed by atoms with Crippen LogP contribution in [0.4, 0.5) is 0 Å². The first-order valence-corrected chi connectivity index (χ1v) is 8.26. The third-order valence-corrected chi connectivity index (χ3v) is 5.26. The molecule has 1 aliphatic rings. The Morgan fingerprint density at radius 3 is 2.52 bits per heavy atom. The number of hydrogen-bond acceptors (Lipinski definition) is 5. The molecule has 0 aliphatic heterocycles. The zero-order valence-electron chi connectivity index (χ0n) is 14.3. The van der Waals surface area contributed by atoms with E-state index in [0.29, 0.717) is 24.7 Å². The fourth-order valence-corrected chi connectivity index (χ4v) is 3.21. The van der Waals surface area contributed by atoms with Crippen molar-refractivity contribution in [1.82, 2.24) is 10.1 Å². The Hall–Kier alpha value is -1.72. The molecule has 3 rings (SSSR count). The third-order valence-electron chi connectivity index (χ3n) is 5.26. The standard InChI is InChI=1S/C18H25N3O2/c1-5-12-7-9-13(10-8-12)15-20-16(23-21-15)18(19)11-14(22-6-2)17(18,3)4/h7-10,14H,5-6,11,19H2,1-4H3. The minimum Gasteiger partial charge on any atom is -0.378 e. The van der Waals surface area contributed by atoms with Gasteiger partial charge in [0, 0.05) is 24.0 Å². The zero-order chi connectivity index (χ0) is 16.7. The van der Waals surface area contributed by atoms with Crippen LogP contribution in [0.2, 0.25) is 0 Å². The average molecular weight is 315 g/mol. The third kappa shape index (κ3) is 2.48. The molecule has 2 N–H and O–H groups in total. The van der Waals surface area contributed by atoms with Crippen molar-refractivity contribution in [2.24, 2.45) is 11.1 Å². The molecule has 2 unspecified atom stereocenters. The number of aromatic nitrogens is 2. The minimum absolute atomic E-state index is 0.122. The predicted octanol–water partition coefficient (Wildman–Crippen LogP) is 3.29. The van der Waals surface area contributed by atoms with Crippen molar-refractivity contribution >= 4 is 0 Å². The van der Waals surface area contributed by atoms with E-state index < -0.39 is 5.54 Å². The molecule has 1 heterocycles. The highest BCUT2D eigenvalue weighted by Gasteiger charge is 2.62. The van der Waals surface area contributed by atoms with Crippen LogP contribution in [0.25, 0.3) is 11.4 Å². The summed E-state index contributed by atoms with van der Waals surface area (Å²) >= 11 is 0. The molecule has 23 heavy (non-hydrogen) atoms. The lowest BCUT2D eigenvalue weighted by molar-refractivity contribution is -0.162. The van der Waals surface area contributed by atoms with Crippen molar-refractivity contribution in [3.05, 3.63) is 35.7 Å². The van der Waals surface area contributed by atoms with Crippen LogP contribution in [-0.2, 0) is 16.7 Å². The van der Waals surface area contributed by atoms with E-state index in [1.54, 1.807) is 0 Å². The molecule has 0 spiro atoms. The Morgan fingerprint density at radius 2 is 1.96 bits per heavy atom. The Bertz CT molecular complexity index is 678. The summed E-state index contributed by atoms with van der Waals surface area (Å²) < 4.78 is 11.3. The normalized spacial score (nSPS) is 26.0. The van der Waals surface area contributed by atoms with E-state index in [9.17, 15) is 0 Å². The minimum atomic E-state index is -0.637. The average Bonchev–Trinajstić information content (AvgIpc) is 3.05. The van der Waals surface area contributed by atoms with Crippen LogP contribution in [0.1, 0.15) is 45.6 Å². The van der Waals surface area contributed by atoms with Crippen LogP contribution in [0, 0.1) is 5.41 Å². The second kappa shape index (κ2) is 5.73.